The lowest BCUT2D eigenvalue weighted by Gasteiger charge is -2.20. The molecule has 1 heterocycles. The predicted molar refractivity (Wildman–Crippen MR) is 80.4 cm³/mol. The third-order valence-electron chi connectivity index (χ3n) is 2.51. The molecule has 2 rings (SSSR count). The predicted octanol–water partition coefficient (Wildman–Crippen LogP) is 4.59. The lowest BCUT2D eigenvalue weighted by Crippen LogP contribution is -2.17. The molecule has 0 spiro atoms. The van der Waals surface area contributed by atoms with Gasteiger partial charge in [0.2, 0.25) is 0 Å². The molecule has 98 valence electrons. The van der Waals surface area contributed by atoms with Gasteiger partial charge in [0.1, 0.15) is 5.15 Å². The normalized spacial score (nSPS) is 10.2. The molecule has 0 radical (unpaired) electrons. The van der Waals surface area contributed by atoms with Crippen LogP contribution in [-0.2, 0) is 5.88 Å². The van der Waals surface area contributed by atoms with Crippen molar-refractivity contribution in [1.29, 1.82) is 5.26 Å². The first-order valence-corrected chi connectivity index (χ1v) is 7.40. The van der Waals surface area contributed by atoms with Crippen LogP contribution in [0.25, 0.3) is 0 Å². The van der Waals surface area contributed by atoms with Crippen LogP contribution in [0.1, 0.15) is 11.3 Å². The number of aromatic nitrogens is 1. The van der Waals surface area contributed by atoms with Crippen molar-refractivity contribution in [3.63, 3.8) is 0 Å². The Morgan fingerprint density at radius 1 is 1.32 bits per heavy atom. The smallest absolute Gasteiger partial charge is 0.191 e. The highest BCUT2D eigenvalue weighted by molar-refractivity contribution is 7.16. The van der Waals surface area contributed by atoms with Gasteiger partial charge >= 0.3 is 0 Å². The number of benzene rings is 1. The highest BCUT2D eigenvalue weighted by atomic mass is 35.5. The number of thiazole rings is 1. The maximum atomic E-state index is 8.77. The summed E-state index contributed by atoms with van der Waals surface area (Å²) in [4.78, 5) is 7.15. The quantitative estimate of drug-likeness (QED) is 0.758. The van der Waals surface area contributed by atoms with E-state index in [1.807, 2.05) is 35.2 Å². The number of para-hydroxylation sites is 1. The topological polar surface area (TPSA) is 39.9 Å². The summed E-state index contributed by atoms with van der Waals surface area (Å²) in [5.74, 6) is 0.345. The summed E-state index contributed by atoms with van der Waals surface area (Å²) in [5.41, 5.74) is 0.990. The third-order valence-corrected chi connectivity index (χ3v) is 4.43. The van der Waals surface area contributed by atoms with Gasteiger partial charge in [-0.15, -0.1) is 11.6 Å². The summed E-state index contributed by atoms with van der Waals surface area (Å²) >= 11 is 13.3. The van der Waals surface area contributed by atoms with Gasteiger partial charge in [0.15, 0.2) is 5.13 Å². The summed E-state index contributed by atoms with van der Waals surface area (Å²) in [7, 11) is 0. The standard InChI is InChI=1S/C13H11Cl2N3S/c14-9-11-12(15)17-13(19-11)18(8-4-7-16)10-5-2-1-3-6-10/h1-3,5-6H,4,8-9H2. The average molecular weight is 312 g/mol. The van der Waals surface area contributed by atoms with E-state index in [0.29, 0.717) is 24.0 Å². The van der Waals surface area contributed by atoms with E-state index in [1.165, 1.54) is 11.3 Å². The fourth-order valence-corrected chi connectivity index (χ4v) is 3.14. The number of halogens is 2. The maximum Gasteiger partial charge on any atom is 0.191 e. The number of nitriles is 1. The summed E-state index contributed by atoms with van der Waals surface area (Å²) < 4.78 is 0. The van der Waals surface area contributed by atoms with E-state index in [2.05, 4.69) is 11.1 Å². The Hall–Kier alpha value is -1.28. The Balaban J connectivity index is 2.34. The highest BCUT2D eigenvalue weighted by Gasteiger charge is 2.16. The number of rotatable bonds is 5. The number of alkyl halides is 1. The first-order valence-electron chi connectivity index (χ1n) is 5.67. The van der Waals surface area contributed by atoms with E-state index in [1.54, 1.807) is 0 Å². The molecule has 1 aromatic carbocycles. The van der Waals surface area contributed by atoms with Gasteiger partial charge in [-0.1, -0.05) is 41.1 Å². The van der Waals surface area contributed by atoms with Gasteiger partial charge in [-0.3, -0.25) is 0 Å². The summed E-state index contributed by atoms with van der Waals surface area (Å²) in [5, 5.41) is 9.98. The van der Waals surface area contributed by atoms with E-state index < -0.39 is 0 Å². The van der Waals surface area contributed by atoms with Crippen molar-refractivity contribution in [3.05, 3.63) is 40.4 Å². The Labute approximate surface area is 126 Å². The average Bonchev–Trinajstić information content (AvgIpc) is 2.81. The van der Waals surface area contributed by atoms with Crippen LogP contribution < -0.4 is 4.90 Å². The molecule has 19 heavy (non-hydrogen) atoms. The number of hydrogen-bond acceptors (Lipinski definition) is 4. The van der Waals surface area contributed by atoms with E-state index in [-0.39, 0.29) is 0 Å². The van der Waals surface area contributed by atoms with E-state index in [9.17, 15) is 0 Å². The van der Waals surface area contributed by atoms with Gasteiger partial charge in [0.25, 0.3) is 0 Å². The van der Waals surface area contributed by atoms with Crippen LogP contribution in [0, 0.1) is 11.3 Å². The Kier molecular flexibility index (Phi) is 5.03. The molecule has 2 aromatic rings. The molecule has 0 fully saturated rings. The second-order valence-corrected chi connectivity index (χ2v) is 5.43. The van der Waals surface area contributed by atoms with Crippen LogP contribution in [-0.4, -0.2) is 11.5 Å². The highest BCUT2D eigenvalue weighted by Crippen LogP contribution is 2.34. The van der Waals surface area contributed by atoms with Crippen LogP contribution in [0.15, 0.2) is 30.3 Å². The molecule has 0 saturated carbocycles. The Bertz CT molecular complexity index is 577. The molecule has 0 amide bonds. The molecular formula is C13H11Cl2N3S. The molecule has 0 N–H and O–H groups in total. The largest absolute Gasteiger partial charge is 0.317 e. The number of anilines is 2. The van der Waals surface area contributed by atoms with Crippen molar-refractivity contribution in [2.24, 2.45) is 0 Å². The molecular weight excluding hydrogens is 301 g/mol. The minimum absolute atomic E-state index is 0.345. The molecule has 0 aliphatic rings. The molecule has 0 unspecified atom stereocenters. The van der Waals surface area contributed by atoms with Gasteiger partial charge in [0.05, 0.1) is 23.2 Å². The van der Waals surface area contributed by atoms with E-state index >= 15 is 0 Å². The van der Waals surface area contributed by atoms with Crippen LogP contribution in [0.2, 0.25) is 5.15 Å². The van der Waals surface area contributed by atoms with Gasteiger partial charge in [-0.25, -0.2) is 4.98 Å². The van der Waals surface area contributed by atoms with Gasteiger partial charge in [-0.2, -0.15) is 5.26 Å². The third kappa shape index (κ3) is 3.38. The molecule has 3 nitrogen and oxygen atoms in total. The zero-order chi connectivity index (χ0) is 13.7. The van der Waals surface area contributed by atoms with Crippen LogP contribution in [0.4, 0.5) is 10.8 Å². The molecule has 0 atom stereocenters. The van der Waals surface area contributed by atoms with Gasteiger partial charge in [-0.05, 0) is 12.1 Å². The molecule has 0 bridgehead atoms. The van der Waals surface area contributed by atoms with Crippen molar-refractivity contribution in [2.75, 3.05) is 11.4 Å². The second-order valence-electron chi connectivity index (χ2n) is 3.74. The van der Waals surface area contributed by atoms with Crippen molar-refractivity contribution in [3.8, 4) is 6.07 Å². The number of hydrogen-bond donors (Lipinski definition) is 0. The molecule has 6 heteroatoms. The summed E-state index contributed by atoms with van der Waals surface area (Å²) in [6, 6.07) is 12.0. The maximum absolute atomic E-state index is 8.77. The summed E-state index contributed by atoms with van der Waals surface area (Å²) in [6.07, 6.45) is 0.419. The first kappa shape index (κ1) is 14.1. The van der Waals surface area contributed by atoms with Gasteiger partial charge < -0.3 is 4.90 Å². The number of nitrogens with zero attached hydrogens (tertiary/aromatic N) is 3. The molecule has 1 aromatic heterocycles. The van der Waals surface area contributed by atoms with E-state index in [0.717, 1.165) is 15.7 Å². The van der Waals surface area contributed by atoms with Crippen molar-refractivity contribution in [2.45, 2.75) is 12.3 Å². The summed E-state index contributed by atoms with van der Waals surface area (Å²) in [6.45, 7) is 0.575. The Morgan fingerprint density at radius 2 is 2.05 bits per heavy atom. The van der Waals surface area contributed by atoms with Gasteiger partial charge in [0, 0.05) is 12.2 Å². The monoisotopic (exact) mass is 311 g/mol. The minimum atomic E-state index is 0.345. The molecule has 0 saturated heterocycles. The Morgan fingerprint density at radius 3 is 2.63 bits per heavy atom. The molecule has 0 aliphatic carbocycles. The van der Waals surface area contributed by atoms with Crippen LogP contribution in [0.5, 0.6) is 0 Å². The van der Waals surface area contributed by atoms with Crippen LogP contribution in [0.3, 0.4) is 0 Å². The van der Waals surface area contributed by atoms with Crippen molar-refractivity contribution < 1.29 is 0 Å². The zero-order valence-electron chi connectivity index (χ0n) is 10.0. The van der Waals surface area contributed by atoms with Crippen molar-refractivity contribution >= 4 is 45.4 Å². The second kappa shape index (κ2) is 6.76. The van der Waals surface area contributed by atoms with Crippen LogP contribution >= 0.6 is 34.5 Å². The first-order chi connectivity index (χ1) is 9.26. The zero-order valence-corrected chi connectivity index (χ0v) is 12.3. The van der Waals surface area contributed by atoms with E-state index in [4.69, 9.17) is 28.5 Å². The fraction of sp³-hybridized carbons (Fsp3) is 0.231. The lowest BCUT2D eigenvalue weighted by molar-refractivity contribution is 0.941. The SMILES string of the molecule is N#CCCN(c1ccccc1)c1nc(Cl)c(CCl)s1. The lowest BCUT2D eigenvalue weighted by atomic mass is 10.3. The molecule has 0 aliphatic heterocycles. The fourth-order valence-electron chi connectivity index (χ4n) is 1.62. The van der Waals surface area contributed by atoms with Crippen molar-refractivity contribution in [1.82, 2.24) is 4.98 Å². The minimum Gasteiger partial charge on any atom is -0.317 e.